The Morgan fingerprint density at radius 2 is 1.53 bits per heavy atom. The normalized spacial score (nSPS) is 11.2. The molecule has 5 aromatic rings. The molecule has 0 radical (unpaired) electrons. The van der Waals surface area contributed by atoms with Crippen molar-refractivity contribution in [2.45, 2.75) is 33.4 Å². The monoisotopic (exact) mass is 500 g/mol. The van der Waals surface area contributed by atoms with Crippen LogP contribution in [-0.2, 0) is 19.5 Å². The molecule has 0 unspecified atom stereocenters. The van der Waals surface area contributed by atoms with Crippen LogP contribution in [0.25, 0.3) is 22.3 Å². The highest BCUT2D eigenvalue weighted by molar-refractivity contribution is 6.05. The van der Waals surface area contributed by atoms with E-state index in [9.17, 15) is 4.79 Å². The van der Waals surface area contributed by atoms with Gasteiger partial charge in [-0.25, -0.2) is 9.97 Å². The fourth-order valence-electron chi connectivity index (χ4n) is 4.67. The van der Waals surface area contributed by atoms with Gasteiger partial charge in [-0.1, -0.05) is 79.7 Å². The van der Waals surface area contributed by atoms with Crippen LogP contribution in [0.5, 0.6) is 0 Å². The molecule has 0 fully saturated rings. The number of amides is 1. The summed E-state index contributed by atoms with van der Waals surface area (Å²) in [6.07, 6.45) is 0.830. The molecule has 0 bridgehead atoms. The van der Waals surface area contributed by atoms with E-state index in [0.29, 0.717) is 11.4 Å². The average molecular weight is 501 g/mol. The van der Waals surface area contributed by atoms with Crippen molar-refractivity contribution in [3.63, 3.8) is 0 Å². The molecule has 5 rings (SSSR count). The molecular formula is C33H32N4O. The second-order valence-electron chi connectivity index (χ2n) is 9.70. The number of hydrogen-bond acceptors (Lipinski definition) is 4. The molecule has 0 aliphatic carbocycles. The van der Waals surface area contributed by atoms with Gasteiger partial charge < -0.3 is 5.32 Å². The molecule has 0 spiro atoms. The predicted molar refractivity (Wildman–Crippen MR) is 155 cm³/mol. The van der Waals surface area contributed by atoms with Crippen molar-refractivity contribution in [2.24, 2.45) is 0 Å². The third kappa shape index (κ3) is 5.79. The number of carbonyl (C=O) groups is 1. The van der Waals surface area contributed by atoms with Crippen LogP contribution >= 0.6 is 0 Å². The number of benzene rings is 4. The maximum absolute atomic E-state index is 13.1. The third-order valence-electron chi connectivity index (χ3n) is 6.72. The lowest BCUT2D eigenvalue weighted by Gasteiger charge is -2.18. The van der Waals surface area contributed by atoms with Crippen LogP contribution in [0.2, 0.25) is 0 Å². The largest absolute Gasteiger partial charge is 0.322 e. The van der Waals surface area contributed by atoms with Crippen LogP contribution < -0.4 is 5.32 Å². The van der Waals surface area contributed by atoms with Crippen molar-refractivity contribution in [1.82, 2.24) is 14.9 Å². The lowest BCUT2D eigenvalue weighted by atomic mass is 10.1. The molecule has 4 aromatic carbocycles. The number of rotatable bonds is 8. The van der Waals surface area contributed by atoms with Crippen LogP contribution in [0.1, 0.15) is 39.7 Å². The molecule has 38 heavy (non-hydrogen) atoms. The number of nitrogens with one attached hydrogen (secondary N) is 1. The quantitative estimate of drug-likeness (QED) is 0.248. The average Bonchev–Trinajstić information content (AvgIpc) is 2.94. The Bertz CT molecular complexity index is 1560. The first-order valence-corrected chi connectivity index (χ1v) is 13.0. The molecule has 190 valence electrons. The first-order valence-electron chi connectivity index (χ1n) is 13.0. The van der Waals surface area contributed by atoms with Crippen molar-refractivity contribution < 1.29 is 4.79 Å². The van der Waals surface area contributed by atoms with Crippen LogP contribution in [-0.4, -0.2) is 27.8 Å². The van der Waals surface area contributed by atoms with Crippen molar-refractivity contribution in [1.29, 1.82) is 0 Å². The van der Waals surface area contributed by atoms with E-state index in [2.05, 4.69) is 72.7 Å². The van der Waals surface area contributed by atoms with Gasteiger partial charge in [-0.05, 0) is 61.3 Å². The number of para-hydroxylation sites is 1. The van der Waals surface area contributed by atoms with Gasteiger partial charge in [-0.3, -0.25) is 9.69 Å². The summed E-state index contributed by atoms with van der Waals surface area (Å²) < 4.78 is 0. The zero-order valence-electron chi connectivity index (χ0n) is 22.1. The van der Waals surface area contributed by atoms with Crippen LogP contribution in [0, 0.1) is 6.92 Å². The van der Waals surface area contributed by atoms with E-state index >= 15 is 0 Å². The highest BCUT2D eigenvalue weighted by atomic mass is 16.1. The van der Waals surface area contributed by atoms with Gasteiger partial charge >= 0.3 is 0 Å². The Kier molecular flexibility index (Phi) is 7.57. The lowest BCUT2D eigenvalue weighted by molar-refractivity contribution is 0.102. The van der Waals surface area contributed by atoms with Crippen LogP contribution in [0.15, 0.2) is 97.1 Å². The first-order chi connectivity index (χ1) is 18.5. The summed E-state index contributed by atoms with van der Waals surface area (Å²) in [7, 11) is 2.11. The number of nitrogens with zero attached hydrogens (tertiary/aromatic N) is 3. The van der Waals surface area contributed by atoms with Gasteiger partial charge in [-0.2, -0.15) is 0 Å². The summed E-state index contributed by atoms with van der Waals surface area (Å²) in [6, 6.07) is 32.3. The smallest absolute Gasteiger partial charge is 0.255 e. The number of anilines is 1. The maximum Gasteiger partial charge on any atom is 0.255 e. The number of aryl methyl sites for hydroxylation is 2. The van der Waals surface area contributed by atoms with Gasteiger partial charge in [-0.15, -0.1) is 0 Å². The minimum atomic E-state index is -0.136. The molecule has 0 saturated heterocycles. The summed E-state index contributed by atoms with van der Waals surface area (Å²) in [5, 5.41) is 4.18. The SMILES string of the molecule is CCc1nc(-c2ccc(C(=O)Nc3cc(CN(C)Cc4ccccc4)ccc3C)cc2)nc2ccccc12. The predicted octanol–water partition coefficient (Wildman–Crippen LogP) is 7.05. The van der Waals surface area contributed by atoms with Crippen molar-refractivity contribution >= 4 is 22.5 Å². The summed E-state index contributed by atoms with van der Waals surface area (Å²) in [5.74, 6) is 0.541. The van der Waals surface area contributed by atoms with Crippen molar-refractivity contribution in [3.8, 4) is 11.4 Å². The molecule has 1 N–H and O–H groups in total. The van der Waals surface area contributed by atoms with Gasteiger partial charge in [0.25, 0.3) is 5.91 Å². The molecule has 5 heteroatoms. The molecular weight excluding hydrogens is 468 g/mol. The zero-order chi connectivity index (χ0) is 26.5. The third-order valence-corrected chi connectivity index (χ3v) is 6.72. The van der Waals surface area contributed by atoms with Gasteiger partial charge in [0.1, 0.15) is 0 Å². The summed E-state index contributed by atoms with van der Waals surface area (Å²) in [6.45, 7) is 5.77. The Morgan fingerprint density at radius 3 is 2.29 bits per heavy atom. The summed E-state index contributed by atoms with van der Waals surface area (Å²) in [4.78, 5) is 24.9. The zero-order valence-corrected chi connectivity index (χ0v) is 22.1. The highest BCUT2D eigenvalue weighted by Gasteiger charge is 2.12. The van der Waals surface area contributed by atoms with E-state index in [-0.39, 0.29) is 5.91 Å². The fourth-order valence-corrected chi connectivity index (χ4v) is 4.67. The molecule has 0 aliphatic rings. The second-order valence-corrected chi connectivity index (χ2v) is 9.70. The minimum Gasteiger partial charge on any atom is -0.322 e. The van der Waals surface area contributed by atoms with Gasteiger partial charge in [0.2, 0.25) is 0 Å². The molecule has 0 atom stereocenters. The number of carbonyl (C=O) groups excluding carboxylic acids is 1. The lowest BCUT2D eigenvalue weighted by Crippen LogP contribution is -2.18. The van der Waals surface area contributed by atoms with Crippen LogP contribution in [0.3, 0.4) is 0 Å². The number of fused-ring (bicyclic) bond motifs is 1. The van der Waals surface area contributed by atoms with E-state index < -0.39 is 0 Å². The van der Waals surface area contributed by atoms with Crippen LogP contribution in [0.4, 0.5) is 5.69 Å². The molecule has 1 aromatic heterocycles. The van der Waals surface area contributed by atoms with E-state index in [0.717, 1.165) is 58.5 Å². The standard InChI is InChI=1S/C33H32N4O/c1-4-29-28-12-8-9-13-30(28)35-32(34-29)26-16-18-27(19-17-26)33(38)36-31-20-25(15-14-23(31)2)22-37(3)21-24-10-6-5-7-11-24/h5-20H,4,21-22H2,1-3H3,(H,36,38). The van der Waals surface area contributed by atoms with E-state index in [4.69, 9.17) is 9.97 Å². The van der Waals surface area contributed by atoms with E-state index in [1.807, 2.05) is 55.5 Å². The van der Waals surface area contributed by atoms with Gasteiger partial charge in [0, 0.05) is 35.3 Å². The molecule has 5 nitrogen and oxygen atoms in total. The van der Waals surface area contributed by atoms with Gasteiger partial charge in [0.05, 0.1) is 11.2 Å². The maximum atomic E-state index is 13.1. The number of hydrogen-bond donors (Lipinski definition) is 1. The topological polar surface area (TPSA) is 58.1 Å². The van der Waals surface area contributed by atoms with Gasteiger partial charge in [0.15, 0.2) is 5.82 Å². The Labute approximate surface area is 224 Å². The Balaban J connectivity index is 1.29. The molecule has 0 saturated carbocycles. The summed E-state index contributed by atoms with van der Waals surface area (Å²) in [5.41, 5.74) is 7.73. The minimum absolute atomic E-state index is 0.136. The van der Waals surface area contributed by atoms with E-state index in [1.54, 1.807) is 0 Å². The number of aromatic nitrogens is 2. The van der Waals surface area contributed by atoms with Crippen molar-refractivity contribution in [3.05, 3.63) is 125 Å². The molecule has 1 heterocycles. The summed E-state index contributed by atoms with van der Waals surface area (Å²) >= 11 is 0. The Hall–Kier alpha value is -4.35. The van der Waals surface area contributed by atoms with Crippen molar-refractivity contribution in [2.75, 3.05) is 12.4 Å². The second kappa shape index (κ2) is 11.4. The fraction of sp³-hybridized carbons (Fsp3) is 0.182. The molecule has 1 amide bonds. The molecule has 0 aliphatic heterocycles. The first kappa shape index (κ1) is 25.3. The highest BCUT2D eigenvalue weighted by Crippen LogP contribution is 2.24. The Morgan fingerprint density at radius 1 is 0.816 bits per heavy atom. The van der Waals surface area contributed by atoms with E-state index in [1.165, 1.54) is 5.56 Å².